The topological polar surface area (TPSA) is 50.4 Å². The number of hydrogen-bond donors (Lipinski definition) is 2. The van der Waals surface area contributed by atoms with Gasteiger partial charge in [-0.25, -0.2) is 0 Å². The van der Waals surface area contributed by atoms with Gasteiger partial charge < -0.3 is 15.4 Å². The summed E-state index contributed by atoms with van der Waals surface area (Å²) in [6, 6.07) is 12.7. The maximum absolute atomic E-state index is 12.1. The molecule has 0 aliphatic heterocycles. The molecule has 136 valence electrons. The van der Waals surface area contributed by atoms with Crippen molar-refractivity contribution in [1.82, 2.24) is 10.6 Å². The third kappa shape index (κ3) is 5.75. The summed E-state index contributed by atoms with van der Waals surface area (Å²) in [6.07, 6.45) is 1.06. The number of hydrogen-bond acceptors (Lipinski definition) is 3. The smallest absolute Gasteiger partial charge is 0.258 e. The van der Waals surface area contributed by atoms with E-state index in [1.54, 1.807) is 0 Å². The highest BCUT2D eigenvalue weighted by Crippen LogP contribution is 2.28. The molecule has 0 aliphatic carbocycles. The number of ether oxygens (including phenoxy) is 1. The summed E-state index contributed by atoms with van der Waals surface area (Å²) < 4.78 is 5.87. The van der Waals surface area contributed by atoms with Crippen molar-refractivity contribution in [2.45, 2.75) is 59.2 Å². The zero-order valence-corrected chi connectivity index (χ0v) is 16.0. The number of fused-ring (bicyclic) bond motifs is 1. The van der Waals surface area contributed by atoms with Crippen LogP contribution in [0.15, 0.2) is 36.4 Å². The zero-order valence-electron chi connectivity index (χ0n) is 16.0. The third-order valence-corrected chi connectivity index (χ3v) is 4.11. The summed E-state index contributed by atoms with van der Waals surface area (Å²) >= 11 is 0. The molecule has 0 bridgehead atoms. The van der Waals surface area contributed by atoms with Crippen LogP contribution in [0.5, 0.6) is 5.75 Å². The molecule has 0 saturated carbocycles. The molecule has 1 unspecified atom stereocenters. The summed E-state index contributed by atoms with van der Waals surface area (Å²) in [4.78, 5) is 12.1. The average Bonchev–Trinajstić information content (AvgIpc) is 2.56. The van der Waals surface area contributed by atoms with Gasteiger partial charge in [0.1, 0.15) is 5.75 Å². The highest BCUT2D eigenvalue weighted by Gasteiger charge is 2.15. The van der Waals surface area contributed by atoms with E-state index in [1.807, 2.05) is 45.0 Å². The fraction of sp³-hybridized carbons (Fsp3) is 0.476. The molecule has 0 aromatic heterocycles. The SMILES string of the molecule is CCC(C)NCc1c(OCC(=O)NC(C)(C)C)ccc2ccccc12. The van der Waals surface area contributed by atoms with Crippen LogP contribution in [0, 0.1) is 0 Å². The van der Waals surface area contributed by atoms with E-state index >= 15 is 0 Å². The second-order valence-corrected chi connectivity index (χ2v) is 7.54. The van der Waals surface area contributed by atoms with Gasteiger partial charge >= 0.3 is 0 Å². The van der Waals surface area contributed by atoms with E-state index in [9.17, 15) is 4.79 Å². The van der Waals surface area contributed by atoms with E-state index in [0.717, 1.165) is 23.1 Å². The minimum atomic E-state index is -0.259. The molecule has 2 aromatic rings. The largest absolute Gasteiger partial charge is 0.483 e. The number of amides is 1. The highest BCUT2D eigenvalue weighted by atomic mass is 16.5. The van der Waals surface area contributed by atoms with Crippen LogP contribution < -0.4 is 15.4 Å². The molecule has 25 heavy (non-hydrogen) atoms. The monoisotopic (exact) mass is 342 g/mol. The molecule has 4 nitrogen and oxygen atoms in total. The number of rotatable bonds is 7. The summed E-state index contributed by atoms with van der Waals surface area (Å²) in [6.45, 7) is 10.9. The van der Waals surface area contributed by atoms with Crippen molar-refractivity contribution < 1.29 is 9.53 Å². The van der Waals surface area contributed by atoms with Crippen LogP contribution >= 0.6 is 0 Å². The highest BCUT2D eigenvalue weighted by molar-refractivity contribution is 5.88. The fourth-order valence-electron chi connectivity index (χ4n) is 2.65. The van der Waals surface area contributed by atoms with Gasteiger partial charge in [0.25, 0.3) is 5.91 Å². The van der Waals surface area contributed by atoms with Gasteiger partial charge in [0.05, 0.1) is 0 Å². The Kier molecular flexibility index (Phi) is 6.43. The van der Waals surface area contributed by atoms with Crippen molar-refractivity contribution in [2.75, 3.05) is 6.61 Å². The Morgan fingerprint density at radius 2 is 1.88 bits per heavy atom. The Balaban J connectivity index is 2.21. The molecule has 0 heterocycles. The molecule has 4 heteroatoms. The Labute approximate surface area is 151 Å². The molecule has 0 saturated heterocycles. The normalized spacial score (nSPS) is 12.8. The zero-order chi connectivity index (χ0) is 18.4. The Morgan fingerprint density at radius 3 is 2.56 bits per heavy atom. The summed E-state index contributed by atoms with van der Waals surface area (Å²) in [5, 5.41) is 8.79. The lowest BCUT2D eigenvalue weighted by Crippen LogP contribution is -2.43. The van der Waals surface area contributed by atoms with Crippen LogP contribution in [0.2, 0.25) is 0 Å². The molecule has 0 radical (unpaired) electrons. The third-order valence-electron chi connectivity index (χ3n) is 4.11. The molecule has 1 atom stereocenters. The maximum Gasteiger partial charge on any atom is 0.258 e. The molecule has 2 rings (SSSR count). The molecule has 2 aromatic carbocycles. The first-order chi connectivity index (χ1) is 11.8. The van der Waals surface area contributed by atoms with Crippen molar-refractivity contribution in [3.8, 4) is 5.75 Å². The number of nitrogens with one attached hydrogen (secondary N) is 2. The number of carbonyl (C=O) groups is 1. The summed E-state index contributed by atoms with van der Waals surface area (Å²) in [5.41, 5.74) is 0.840. The van der Waals surface area contributed by atoms with Gasteiger partial charge in [0, 0.05) is 23.7 Å². The first kappa shape index (κ1) is 19.3. The van der Waals surface area contributed by atoms with Crippen molar-refractivity contribution in [2.24, 2.45) is 0 Å². The quantitative estimate of drug-likeness (QED) is 0.799. The van der Waals surface area contributed by atoms with Crippen LogP contribution in [0.4, 0.5) is 0 Å². The van der Waals surface area contributed by atoms with E-state index in [4.69, 9.17) is 4.74 Å². The molecule has 0 aliphatic rings. The minimum Gasteiger partial charge on any atom is -0.483 e. The Hall–Kier alpha value is -2.07. The average molecular weight is 342 g/mol. The van der Waals surface area contributed by atoms with Crippen LogP contribution in [-0.4, -0.2) is 24.1 Å². The summed E-state index contributed by atoms with van der Waals surface area (Å²) in [5.74, 6) is 0.653. The van der Waals surface area contributed by atoms with E-state index in [2.05, 4.69) is 36.6 Å². The van der Waals surface area contributed by atoms with Crippen LogP contribution in [0.3, 0.4) is 0 Å². The predicted molar refractivity (Wildman–Crippen MR) is 104 cm³/mol. The second kappa shape index (κ2) is 8.34. The van der Waals surface area contributed by atoms with E-state index in [1.165, 1.54) is 5.39 Å². The molecular formula is C21H30N2O2. The van der Waals surface area contributed by atoms with Crippen LogP contribution in [0.1, 0.15) is 46.6 Å². The van der Waals surface area contributed by atoms with Gasteiger partial charge in [-0.2, -0.15) is 0 Å². The van der Waals surface area contributed by atoms with E-state index in [-0.39, 0.29) is 18.1 Å². The minimum absolute atomic E-state index is 0.0198. The molecule has 1 amide bonds. The second-order valence-electron chi connectivity index (χ2n) is 7.54. The Bertz CT molecular complexity index is 719. The fourth-order valence-corrected chi connectivity index (χ4v) is 2.65. The molecule has 0 spiro atoms. The van der Waals surface area contributed by atoms with Gasteiger partial charge in [0.15, 0.2) is 6.61 Å². The number of benzene rings is 2. The standard InChI is InChI=1S/C21H30N2O2/c1-6-15(2)22-13-18-17-10-8-7-9-16(17)11-12-19(18)25-14-20(24)23-21(3,4)5/h7-12,15,22H,6,13-14H2,1-5H3,(H,23,24). The molecule has 0 fully saturated rings. The first-order valence-electron chi connectivity index (χ1n) is 8.98. The van der Waals surface area contributed by atoms with Crippen molar-refractivity contribution in [1.29, 1.82) is 0 Å². The van der Waals surface area contributed by atoms with E-state index in [0.29, 0.717) is 12.6 Å². The van der Waals surface area contributed by atoms with Gasteiger partial charge in [-0.1, -0.05) is 37.3 Å². The van der Waals surface area contributed by atoms with Gasteiger partial charge in [-0.3, -0.25) is 4.79 Å². The lowest BCUT2D eigenvalue weighted by atomic mass is 10.0. The lowest BCUT2D eigenvalue weighted by molar-refractivity contribution is -0.124. The van der Waals surface area contributed by atoms with Crippen molar-refractivity contribution in [3.63, 3.8) is 0 Å². The van der Waals surface area contributed by atoms with Crippen LogP contribution in [0.25, 0.3) is 10.8 Å². The van der Waals surface area contributed by atoms with Crippen molar-refractivity contribution in [3.05, 3.63) is 42.0 Å². The maximum atomic E-state index is 12.1. The van der Waals surface area contributed by atoms with Crippen LogP contribution in [-0.2, 0) is 11.3 Å². The van der Waals surface area contributed by atoms with Gasteiger partial charge in [-0.05, 0) is 51.0 Å². The Morgan fingerprint density at radius 1 is 1.16 bits per heavy atom. The predicted octanol–water partition coefficient (Wildman–Crippen LogP) is 4.02. The van der Waals surface area contributed by atoms with Crippen molar-refractivity contribution >= 4 is 16.7 Å². The van der Waals surface area contributed by atoms with E-state index < -0.39 is 0 Å². The molecule has 2 N–H and O–H groups in total. The first-order valence-corrected chi connectivity index (χ1v) is 8.98. The lowest BCUT2D eigenvalue weighted by Gasteiger charge is -2.21. The number of carbonyl (C=O) groups excluding carboxylic acids is 1. The molecular weight excluding hydrogens is 312 g/mol. The van der Waals surface area contributed by atoms with Gasteiger partial charge in [0.2, 0.25) is 0 Å². The van der Waals surface area contributed by atoms with Gasteiger partial charge in [-0.15, -0.1) is 0 Å². The summed E-state index contributed by atoms with van der Waals surface area (Å²) in [7, 11) is 0.